The van der Waals surface area contributed by atoms with E-state index in [2.05, 4.69) is 12.2 Å². The van der Waals surface area contributed by atoms with E-state index in [0.29, 0.717) is 24.0 Å². The highest BCUT2D eigenvalue weighted by Crippen LogP contribution is 2.32. The third kappa shape index (κ3) is 7.74. The fourth-order valence-corrected chi connectivity index (χ4v) is 3.67. The van der Waals surface area contributed by atoms with E-state index in [1.807, 2.05) is 6.26 Å². The number of hydrogen-bond donors (Lipinski definition) is 1. The van der Waals surface area contributed by atoms with Gasteiger partial charge in [0.2, 0.25) is 0 Å². The zero-order valence-corrected chi connectivity index (χ0v) is 20.7. The molecule has 0 radical (unpaired) electrons. The lowest BCUT2D eigenvalue weighted by atomic mass is 10.0. The second-order valence-corrected chi connectivity index (χ2v) is 9.77. The monoisotopic (exact) mass is 483 g/mol. The number of benzene rings is 1. The van der Waals surface area contributed by atoms with Crippen LogP contribution in [0.5, 0.6) is 5.75 Å². The Morgan fingerprint density at radius 1 is 1.25 bits per heavy atom. The van der Waals surface area contributed by atoms with Gasteiger partial charge in [-0.25, -0.2) is 14.4 Å². The maximum absolute atomic E-state index is 12.8. The predicted octanol–water partition coefficient (Wildman–Crippen LogP) is 5.34. The Kier molecular flexibility index (Phi) is 9.46. The van der Waals surface area contributed by atoms with Gasteiger partial charge in [0, 0.05) is 17.5 Å². The highest BCUT2D eigenvalue weighted by molar-refractivity contribution is 7.98. The van der Waals surface area contributed by atoms with Gasteiger partial charge in [0.1, 0.15) is 17.2 Å². The lowest BCUT2D eigenvalue weighted by molar-refractivity contribution is -0.136. The van der Waals surface area contributed by atoms with Crippen molar-refractivity contribution < 1.29 is 23.5 Å². The smallest absolute Gasteiger partial charge is 0.408 e. The number of amides is 1. The summed E-state index contributed by atoms with van der Waals surface area (Å²) in [5.41, 5.74) is -0.0567. The van der Waals surface area contributed by atoms with E-state index < -0.39 is 29.3 Å². The van der Waals surface area contributed by atoms with Crippen LogP contribution in [-0.2, 0) is 16.0 Å². The molecule has 0 aliphatic rings. The minimum atomic E-state index is -0.924. The van der Waals surface area contributed by atoms with Crippen LogP contribution < -0.4 is 15.7 Å². The molecule has 0 fully saturated rings. The molecule has 1 atom stereocenters. The van der Waals surface area contributed by atoms with Crippen molar-refractivity contribution in [3.05, 3.63) is 39.2 Å². The third-order valence-corrected chi connectivity index (χ3v) is 5.42. The van der Waals surface area contributed by atoms with E-state index in [1.54, 1.807) is 26.8 Å². The molecule has 2 rings (SSSR count). The zero-order chi connectivity index (χ0) is 23.9. The van der Waals surface area contributed by atoms with Crippen LogP contribution in [0.25, 0.3) is 11.0 Å². The van der Waals surface area contributed by atoms with Gasteiger partial charge in [0.05, 0.1) is 5.02 Å². The Morgan fingerprint density at radius 2 is 1.97 bits per heavy atom. The summed E-state index contributed by atoms with van der Waals surface area (Å²) in [4.78, 5) is 37.0. The van der Waals surface area contributed by atoms with Gasteiger partial charge in [0.15, 0.2) is 5.75 Å². The molecule has 0 bridgehead atoms. The minimum Gasteiger partial charge on any atom is -0.444 e. The lowest BCUT2D eigenvalue weighted by Crippen LogP contribution is -2.45. The van der Waals surface area contributed by atoms with Crippen molar-refractivity contribution in [2.75, 3.05) is 12.0 Å². The van der Waals surface area contributed by atoms with Crippen molar-refractivity contribution >= 4 is 46.4 Å². The number of esters is 1. The summed E-state index contributed by atoms with van der Waals surface area (Å²) < 4.78 is 16.0. The predicted molar refractivity (Wildman–Crippen MR) is 128 cm³/mol. The first-order valence-corrected chi connectivity index (χ1v) is 12.3. The van der Waals surface area contributed by atoms with E-state index >= 15 is 0 Å². The number of ether oxygens (including phenoxy) is 2. The average Bonchev–Trinajstić information content (AvgIpc) is 2.68. The number of aryl methyl sites for hydroxylation is 1. The Labute approximate surface area is 197 Å². The van der Waals surface area contributed by atoms with Gasteiger partial charge < -0.3 is 19.2 Å². The lowest BCUT2D eigenvalue weighted by Gasteiger charge is -2.23. The Bertz CT molecular complexity index is 1010. The van der Waals surface area contributed by atoms with Crippen molar-refractivity contribution in [2.24, 2.45) is 0 Å². The number of fused-ring (bicyclic) bond motifs is 1. The number of nitrogens with one attached hydrogen (secondary N) is 1. The summed E-state index contributed by atoms with van der Waals surface area (Å²) in [6.45, 7) is 7.27. The number of unbranched alkanes of at least 4 members (excludes halogenated alkanes) is 1. The van der Waals surface area contributed by atoms with Gasteiger partial charge in [-0.1, -0.05) is 24.9 Å². The summed E-state index contributed by atoms with van der Waals surface area (Å²) in [5, 5.41) is 3.47. The molecule has 2 aromatic rings. The molecule has 0 aliphatic heterocycles. The van der Waals surface area contributed by atoms with E-state index in [-0.39, 0.29) is 16.4 Å². The molecule has 1 aromatic carbocycles. The zero-order valence-electron chi connectivity index (χ0n) is 19.1. The second kappa shape index (κ2) is 11.6. The summed E-state index contributed by atoms with van der Waals surface area (Å²) in [7, 11) is 0. The van der Waals surface area contributed by atoms with Gasteiger partial charge in [-0.2, -0.15) is 11.8 Å². The number of carbonyl (C=O) groups is 2. The SMILES string of the molecule is CCCCc1cc(=O)oc2cc(OC(=O)[C@H](CCSC)NC(=O)OC(C)(C)C)c(Cl)cc12. The van der Waals surface area contributed by atoms with Crippen molar-refractivity contribution in [1.29, 1.82) is 0 Å². The number of carbonyl (C=O) groups excluding carboxylic acids is 2. The summed E-state index contributed by atoms with van der Waals surface area (Å²) >= 11 is 7.91. The summed E-state index contributed by atoms with van der Waals surface area (Å²) in [6, 6.07) is 3.60. The molecule has 0 saturated heterocycles. The van der Waals surface area contributed by atoms with Gasteiger partial charge >= 0.3 is 17.7 Å². The third-order valence-electron chi connectivity index (χ3n) is 4.48. The van der Waals surface area contributed by atoms with E-state index in [4.69, 9.17) is 25.5 Å². The Hall–Kier alpha value is -2.19. The van der Waals surface area contributed by atoms with Crippen molar-refractivity contribution in [2.45, 2.75) is 65.0 Å². The molecular formula is C23H30ClNO6S. The van der Waals surface area contributed by atoms with Gasteiger partial charge in [-0.3, -0.25) is 0 Å². The van der Waals surface area contributed by atoms with Gasteiger partial charge in [-0.05, 0) is 63.7 Å². The van der Waals surface area contributed by atoms with Crippen molar-refractivity contribution in [3.63, 3.8) is 0 Å². The number of thioether (sulfide) groups is 1. The first-order valence-electron chi connectivity index (χ1n) is 10.5. The molecule has 176 valence electrons. The molecule has 1 N–H and O–H groups in total. The molecule has 1 aromatic heterocycles. The fourth-order valence-electron chi connectivity index (χ4n) is 2.99. The van der Waals surface area contributed by atoms with Gasteiger partial charge in [-0.15, -0.1) is 0 Å². The van der Waals surface area contributed by atoms with Crippen LogP contribution in [0.3, 0.4) is 0 Å². The Balaban J connectivity index is 2.28. The van der Waals surface area contributed by atoms with Crippen LogP contribution in [0.4, 0.5) is 4.79 Å². The van der Waals surface area contributed by atoms with Crippen molar-refractivity contribution in [3.8, 4) is 5.75 Å². The van der Waals surface area contributed by atoms with E-state index in [1.165, 1.54) is 23.9 Å². The molecule has 0 unspecified atom stereocenters. The highest BCUT2D eigenvalue weighted by Gasteiger charge is 2.26. The van der Waals surface area contributed by atoms with Crippen LogP contribution in [0.1, 0.15) is 52.5 Å². The normalized spacial score (nSPS) is 12.4. The van der Waals surface area contributed by atoms with E-state index in [0.717, 1.165) is 18.4 Å². The topological polar surface area (TPSA) is 94.8 Å². The van der Waals surface area contributed by atoms with Crippen LogP contribution in [-0.4, -0.2) is 35.7 Å². The minimum absolute atomic E-state index is 0.0556. The maximum atomic E-state index is 12.8. The quantitative estimate of drug-likeness (QED) is 0.292. The average molecular weight is 484 g/mol. The number of halogens is 1. The second-order valence-electron chi connectivity index (χ2n) is 8.37. The largest absolute Gasteiger partial charge is 0.444 e. The number of hydrogen-bond acceptors (Lipinski definition) is 7. The maximum Gasteiger partial charge on any atom is 0.408 e. The molecule has 1 heterocycles. The summed E-state index contributed by atoms with van der Waals surface area (Å²) in [6.07, 6.45) is 4.14. The molecular weight excluding hydrogens is 454 g/mol. The molecule has 32 heavy (non-hydrogen) atoms. The van der Waals surface area contributed by atoms with Crippen molar-refractivity contribution in [1.82, 2.24) is 5.32 Å². The highest BCUT2D eigenvalue weighted by atomic mass is 35.5. The number of alkyl carbamates (subject to hydrolysis) is 1. The van der Waals surface area contributed by atoms with Crippen LogP contribution in [0.2, 0.25) is 5.02 Å². The van der Waals surface area contributed by atoms with Crippen LogP contribution in [0.15, 0.2) is 27.4 Å². The molecule has 9 heteroatoms. The molecule has 1 amide bonds. The first-order chi connectivity index (χ1) is 15.0. The molecule has 7 nitrogen and oxygen atoms in total. The van der Waals surface area contributed by atoms with Gasteiger partial charge in [0.25, 0.3) is 0 Å². The van der Waals surface area contributed by atoms with Crippen LogP contribution in [0, 0.1) is 0 Å². The molecule has 0 spiro atoms. The molecule has 0 saturated carbocycles. The van der Waals surface area contributed by atoms with Crippen LogP contribution >= 0.6 is 23.4 Å². The standard InChI is InChI=1S/C23H30ClNO6S/c1-6-7-8-14-11-20(26)29-18-13-19(16(24)12-15(14)18)30-21(27)17(9-10-32-5)25-22(28)31-23(2,3)4/h11-13,17H,6-10H2,1-5H3,(H,25,28)/t17-/m0/s1. The summed E-state index contributed by atoms with van der Waals surface area (Å²) in [5.74, 6) is -0.00724. The first kappa shape index (κ1) is 26.1. The fraction of sp³-hybridized carbons (Fsp3) is 0.522. The van der Waals surface area contributed by atoms with E-state index in [9.17, 15) is 14.4 Å². The molecule has 0 aliphatic carbocycles. The Morgan fingerprint density at radius 3 is 2.59 bits per heavy atom. The number of rotatable bonds is 9.